The van der Waals surface area contributed by atoms with E-state index in [1.807, 2.05) is 67.7 Å². The van der Waals surface area contributed by atoms with Gasteiger partial charge in [-0.1, -0.05) is 48.0 Å². The Labute approximate surface area is 111 Å². The highest BCUT2D eigenvalue weighted by atomic mass is 16.1. The predicted octanol–water partition coefficient (Wildman–Crippen LogP) is 3.36. The number of hydrogen-bond donors (Lipinski definition) is 0. The molecule has 2 heteroatoms. The minimum atomic E-state index is 0.0741. The lowest BCUT2D eigenvalue weighted by Crippen LogP contribution is -2.20. The van der Waals surface area contributed by atoms with E-state index in [9.17, 15) is 4.79 Å². The predicted molar refractivity (Wildman–Crippen MR) is 78.5 cm³/mol. The van der Waals surface area contributed by atoms with Gasteiger partial charge in [0.1, 0.15) is 0 Å². The summed E-state index contributed by atoms with van der Waals surface area (Å²) in [5, 5.41) is 1.79. The van der Waals surface area contributed by atoms with E-state index in [4.69, 9.17) is 0 Å². The van der Waals surface area contributed by atoms with Gasteiger partial charge in [0.25, 0.3) is 5.56 Å². The number of pyridine rings is 1. The molecule has 2 nitrogen and oxygen atoms in total. The Bertz CT molecular complexity index is 772. The molecular weight excluding hydrogens is 234 g/mol. The van der Waals surface area contributed by atoms with Gasteiger partial charge in [0.05, 0.1) is 6.54 Å². The van der Waals surface area contributed by atoms with Crippen LogP contribution >= 0.6 is 0 Å². The topological polar surface area (TPSA) is 22.0 Å². The van der Waals surface area contributed by atoms with Crippen molar-refractivity contribution in [2.75, 3.05) is 0 Å². The van der Waals surface area contributed by atoms with Crippen LogP contribution in [-0.4, -0.2) is 4.57 Å². The monoisotopic (exact) mass is 249 g/mol. The zero-order valence-corrected chi connectivity index (χ0v) is 10.8. The highest BCUT2D eigenvalue weighted by molar-refractivity contribution is 5.82. The van der Waals surface area contributed by atoms with Crippen LogP contribution < -0.4 is 5.56 Å². The fraction of sp³-hybridized carbons (Fsp3) is 0.118. The fourth-order valence-electron chi connectivity index (χ4n) is 2.30. The van der Waals surface area contributed by atoms with Gasteiger partial charge in [0, 0.05) is 11.6 Å². The van der Waals surface area contributed by atoms with Crippen LogP contribution in [-0.2, 0) is 6.54 Å². The number of benzene rings is 2. The number of rotatable bonds is 2. The fourth-order valence-corrected chi connectivity index (χ4v) is 2.30. The Balaban J connectivity index is 2.10. The Morgan fingerprint density at radius 3 is 2.58 bits per heavy atom. The first kappa shape index (κ1) is 11.7. The number of fused-ring (bicyclic) bond motifs is 1. The molecule has 0 fully saturated rings. The van der Waals surface area contributed by atoms with Crippen LogP contribution in [0, 0.1) is 6.92 Å². The smallest absolute Gasteiger partial charge is 0.258 e. The normalized spacial score (nSPS) is 10.8. The number of nitrogens with zero attached hydrogens (tertiary/aromatic N) is 1. The van der Waals surface area contributed by atoms with Crippen LogP contribution in [0.5, 0.6) is 0 Å². The summed E-state index contributed by atoms with van der Waals surface area (Å²) in [6.07, 6.45) is 1.87. The summed E-state index contributed by atoms with van der Waals surface area (Å²) >= 11 is 0. The molecule has 0 aliphatic rings. The molecule has 0 saturated heterocycles. The molecule has 2 aromatic carbocycles. The van der Waals surface area contributed by atoms with Gasteiger partial charge >= 0.3 is 0 Å². The molecule has 0 aliphatic carbocycles. The van der Waals surface area contributed by atoms with Gasteiger partial charge in [0.15, 0.2) is 0 Å². The molecule has 0 saturated carbocycles. The third-order valence-electron chi connectivity index (χ3n) is 3.33. The summed E-state index contributed by atoms with van der Waals surface area (Å²) in [5.74, 6) is 0. The minimum Gasteiger partial charge on any atom is -0.311 e. The van der Waals surface area contributed by atoms with E-state index in [0.29, 0.717) is 6.54 Å². The van der Waals surface area contributed by atoms with Gasteiger partial charge in [-0.05, 0) is 30.0 Å². The van der Waals surface area contributed by atoms with Crippen LogP contribution in [0.1, 0.15) is 11.1 Å². The van der Waals surface area contributed by atoms with E-state index in [0.717, 1.165) is 21.9 Å². The van der Waals surface area contributed by atoms with Crippen molar-refractivity contribution in [1.82, 2.24) is 4.57 Å². The van der Waals surface area contributed by atoms with Crippen molar-refractivity contribution in [2.45, 2.75) is 13.5 Å². The lowest BCUT2D eigenvalue weighted by atomic mass is 10.1. The van der Waals surface area contributed by atoms with Crippen molar-refractivity contribution in [3.8, 4) is 0 Å². The second kappa shape index (κ2) is 4.73. The van der Waals surface area contributed by atoms with Crippen LogP contribution in [0.2, 0.25) is 0 Å². The number of hydrogen-bond acceptors (Lipinski definition) is 1. The first-order valence-corrected chi connectivity index (χ1v) is 6.38. The number of aromatic nitrogens is 1. The molecule has 1 heterocycles. The van der Waals surface area contributed by atoms with Gasteiger partial charge in [-0.15, -0.1) is 0 Å². The van der Waals surface area contributed by atoms with Crippen molar-refractivity contribution in [1.29, 1.82) is 0 Å². The molecule has 1 aromatic heterocycles. The first-order chi connectivity index (χ1) is 9.24. The maximum absolute atomic E-state index is 12.4. The van der Waals surface area contributed by atoms with Gasteiger partial charge in [0.2, 0.25) is 0 Å². The molecule has 0 N–H and O–H groups in total. The zero-order valence-electron chi connectivity index (χ0n) is 10.8. The summed E-state index contributed by atoms with van der Waals surface area (Å²) in [5.41, 5.74) is 2.32. The van der Waals surface area contributed by atoms with E-state index in [1.54, 1.807) is 4.57 Å². The summed E-state index contributed by atoms with van der Waals surface area (Å²) in [7, 11) is 0. The second-order valence-electron chi connectivity index (χ2n) is 4.83. The molecule has 0 atom stereocenters. The molecule has 0 spiro atoms. The van der Waals surface area contributed by atoms with Crippen molar-refractivity contribution in [2.24, 2.45) is 0 Å². The maximum atomic E-state index is 12.4. The Morgan fingerprint density at radius 1 is 1.00 bits per heavy atom. The molecular formula is C17H15NO. The van der Waals surface area contributed by atoms with E-state index in [-0.39, 0.29) is 5.56 Å². The van der Waals surface area contributed by atoms with E-state index >= 15 is 0 Å². The lowest BCUT2D eigenvalue weighted by Gasteiger charge is -2.07. The van der Waals surface area contributed by atoms with Crippen LogP contribution in [0.3, 0.4) is 0 Å². The van der Waals surface area contributed by atoms with E-state index < -0.39 is 0 Å². The summed E-state index contributed by atoms with van der Waals surface area (Å²) in [4.78, 5) is 12.4. The van der Waals surface area contributed by atoms with E-state index in [2.05, 4.69) is 0 Å². The molecule has 19 heavy (non-hydrogen) atoms. The largest absolute Gasteiger partial charge is 0.311 e. The summed E-state index contributed by atoms with van der Waals surface area (Å²) < 4.78 is 1.76. The average Bonchev–Trinajstić information content (AvgIpc) is 2.44. The van der Waals surface area contributed by atoms with Gasteiger partial charge in [-0.3, -0.25) is 4.79 Å². The van der Waals surface area contributed by atoms with Gasteiger partial charge < -0.3 is 4.57 Å². The molecule has 0 aliphatic heterocycles. The van der Waals surface area contributed by atoms with Crippen molar-refractivity contribution in [3.05, 3.63) is 82.3 Å². The number of aryl methyl sites for hydroxylation is 1. The van der Waals surface area contributed by atoms with Crippen molar-refractivity contribution < 1.29 is 0 Å². The Kier molecular flexibility index (Phi) is 2.92. The van der Waals surface area contributed by atoms with Crippen LogP contribution in [0.4, 0.5) is 0 Å². The molecule has 0 amide bonds. The van der Waals surface area contributed by atoms with Gasteiger partial charge in [-0.25, -0.2) is 0 Å². The van der Waals surface area contributed by atoms with Crippen LogP contribution in [0.25, 0.3) is 10.8 Å². The summed E-state index contributed by atoms with van der Waals surface area (Å²) in [6.45, 7) is 2.62. The Hall–Kier alpha value is -2.35. The highest BCUT2D eigenvalue weighted by Crippen LogP contribution is 2.12. The first-order valence-electron chi connectivity index (χ1n) is 6.38. The molecule has 0 bridgehead atoms. The zero-order chi connectivity index (χ0) is 13.2. The van der Waals surface area contributed by atoms with Crippen LogP contribution in [0.15, 0.2) is 65.6 Å². The summed E-state index contributed by atoms with van der Waals surface area (Å²) in [6, 6.07) is 18.0. The average molecular weight is 249 g/mol. The molecule has 0 radical (unpaired) electrons. The molecule has 3 aromatic rings. The highest BCUT2D eigenvalue weighted by Gasteiger charge is 2.03. The quantitative estimate of drug-likeness (QED) is 0.682. The SMILES string of the molecule is Cc1ccc2ccn(Cc3ccccc3)c(=O)c2c1. The van der Waals surface area contributed by atoms with Crippen molar-refractivity contribution in [3.63, 3.8) is 0 Å². The van der Waals surface area contributed by atoms with E-state index in [1.165, 1.54) is 0 Å². The molecule has 3 rings (SSSR count). The molecule has 0 unspecified atom stereocenters. The second-order valence-corrected chi connectivity index (χ2v) is 4.83. The maximum Gasteiger partial charge on any atom is 0.258 e. The third kappa shape index (κ3) is 2.29. The Morgan fingerprint density at radius 2 is 1.79 bits per heavy atom. The molecule has 94 valence electrons. The van der Waals surface area contributed by atoms with Gasteiger partial charge in [-0.2, -0.15) is 0 Å². The minimum absolute atomic E-state index is 0.0741. The lowest BCUT2D eigenvalue weighted by molar-refractivity contribution is 0.768. The third-order valence-corrected chi connectivity index (χ3v) is 3.33. The van der Waals surface area contributed by atoms with Crippen molar-refractivity contribution >= 4 is 10.8 Å². The standard InChI is InChI=1S/C17H15NO/c1-13-7-8-15-9-10-18(17(19)16(15)11-13)12-14-5-3-2-4-6-14/h2-11H,12H2,1H3.